The quantitative estimate of drug-likeness (QED) is 0.675. The highest BCUT2D eigenvalue weighted by molar-refractivity contribution is 5.97. The van der Waals surface area contributed by atoms with Crippen molar-refractivity contribution < 1.29 is 9.59 Å². The second-order valence-corrected chi connectivity index (χ2v) is 3.96. The first-order valence-corrected chi connectivity index (χ1v) is 5.74. The number of carbonyl (C=O) groups excluding carboxylic acids is 2. The number of rotatable bonds is 2. The summed E-state index contributed by atoms with van der Waals surface area (Å²) in [5.74, 6) is -0.363. The Bertz CT molecular complexity index is 436. The molecule has 0 aliphatic carbocycles. The highest BCUT2D eigenvalue weighted by atomic mass is 16.2. The molecule has 1 unspecified atom stereocenters. The van der Waals surface area contributed by atoms with E-state index in [9.17, 15) is 9.59 Å². The topological polar surface area (TPSA) is 87.2 Å². The number of piperazine rings is 1. The van der Waals surface area contributed by atoms with E-state index in [1.54, 1.807) is 18.0 Å². The SMILES string of the molecule is CNC(=O)C1CNCCN1C(=O)c1ccnnc1. The van der Waals surface area contributed by atoms with Crippen molar-refractivity contribution in [2.45, 2.75) is 6.04 Å². The third-order valence-electron chi connectivity index (χ3n) is 2.88. The molecule has 0 aromatic carbocycles. The van der Waals surface area contributed by atoms with Gasteiger partial charge >= 0.3 is 0 Å². The Hall–Kier alpha value is -2.02. The molecule has 1 aliphatic rings. The molecule has 2 heterocycles. The summed E-state index contributed by atoms with van der Waals surface area (Å²) < 4.78 is 0. The number of carbonyl (C=O) groups is 2. The number of amides is 2. The Morgan fingerprint density at radius 3 is 3.00 bits per heavy atom. The lowest BCUT2D eigenvalue weighted by Crippen LogP contribution is -2.59. The van der Waals surface area contributed by atoms with Crippen LogP contribution in [0.4, 0.5) is 0 Å². The second-order valence-electron chi connectivity index (χ2n) is 3.96. The molecule has 2 rings (SSSR count). The average Bonchev–Trinajstić information content (AvgIpc) is 2.46. The van der Waals surface area contributed by atoms with E-state index in [0.717, 1.165) is 0 Å². The fourth-order valence-electron chi connectivity index (χ4n) is 1.93. The molecular formula is C11H15N5O2. The lowest BCUT2D eigenvalue weighted by molar-refractivity contribution is -0.125. The summed E-state index contributed by atoms with van der Waals surface area (Å²) in [7, 11) is 1.56. The molecule has 1 aromatic heterocycles. The molecule has 0 radical (unpaired) electrons. The van der Waals surface area contributed by atoms with E-state index in [1.807, 2.05) is 0 Å². The van der Waals surface area contributed by atoms with Gasteiger partial charge in [-0.15, -0.1) is 0 Å². The van der Waals surface area contributed by atoms with Gasteiger partial charge in [0.2, 0.25) is 5.91 Å². The van der Waals surface area contributed by atoms with Crippen molar-refractivity contribution in [1.82, 2.24) is 25.7 Å². The number of nitrogens with one attached hydrogen (secondary N) is 2. The first-order chi connectivity index (χ1) is 8.74. The number of likely N-dealkylation sites (N-methyl/N-ethyl adjacent to an activating group) is 1. The Kier molecular flexibility index (Phi) is 3.83. The van der Waals surface area contributed by atoms with E-state index in [-0.39, 0.29) is 11.8 Å². The molecule has 0 bridgehead atoms. The predicted molar refractivity (Wildman–Crippen MR) is 63.8 cm³/mol. The molecule has 1 atom stereocenters. The second kappa shape index (κ2) is 5.54. The van der Waals surface area contributed by atoms with Crippen molar-refractivity contribution in [2.24, 2.45) is 0 Å². The highest BCUT2D eigenvalue weighted by Crippen LogP contribution is 2.09. The van der Waals surface area contributed by atoms with E-state index in [1.165, 1.54) is 12.4 Å². The van der Waals surface area contributed by atoms with E-state index < -0.39 is 6.04 Å². The molecule has 2 amide bonds. The van der Waals surface area contributed by atoms with E-state index in [4.69, 9.17) is 0 Å². The Balaban J connectivity index is 2.19. The van der Waals surface area contributed by atoms with Crippen LogP contribution in [0, 0.1) is 0 Å². The third-order valence-corrected chi connectivity index (χ3v) is 2.88. The Morgan fingerprint density at radius 1 is 1.50 bits per heavy atom. The number of aromatic nitrogens is 2. The number of hydrogen-bond donors (Lipinski definition) is 2. The maximum atomic E-state index is 12.3. The zero-order valence-corrected chi connectivity index (χ0v) is 10.1. The van der Waals surface area contributed by atoms with Gasteiger partial charge in [-0.05, 0) is 6.07 Å². The molecule has 1 fully saturated rings. The summed E-state index contributed by atoms with van der Waals surface area (Å²) >= 11 is 0. The monoisotopic (exact) mass is 249 g/mol. The van der Waals surface area contributed by atoms with Crippen LogP contribution >= 0.6 is 0 Å². The Morgan fingerprint density at radius 2 is 2.33 bits per heavy atom. The smallest absolute Gasteiger partial charge is 0.256 e. The summed E-state index contributed by atoms with van der Waals surface area (Å²) in [5, 5.41) is 13.0. The molecule has 7 heteroatoms. The van der Waals surface area contributed by atoms with Crippen molar-refractivity contribution in [1.29, 1.82) is 0 Å². The van der Waals surface area contributed by atoms with Gasteiger partial charge in [0.25, 0.3) is 5.91 Å². The zero-order valence-electron chi connectivity index (χ0n) is 10.1. The van der Waals surface area contributed by atoms with Crippen LogP contribution in [0.3, 0.4) is 0 Å². The van der Waals surface area contributed by atoms with Gasteiger partial charge in [-0.2, -0.15) is 10.2 Å². The minimum absolute atomic E-state index is 0.169. The fourth-order valence-corrected chi connectivity index (χ4v) is 1.93. The van der Waals surface area contributed by atoms with Crippen molar-refractivity contribution >= 4 is 11.8 Å². The van der Waals surface area contributed by atoms with Crippen LogP contribution in [0.5, 0.6) is 0 Å². The molecule has 0 spiro atoms. The minimum Gasteiger partial charge on any atom is -0.357 e. The standard InChI is InChI=1S/C11H15N5O2/c1-12-10(17)9-7-13-4-5-16(9)11(18)8-2-3-14-15-6-8/h2-3,6,9,13H,4-5,7H2,1H3,(H,12,17). The van der Waals surface area contributed by atoms with E-state index in [0.29, 0.717) is 25.2 Å². The zero-order chi connectivity index (χ0) is 13.0. The van der Waals surface area contributed by atoms with Crippen LogP contribution in [-0.2, 0) is 4.79 Å². The van der Waals surface area contributed by atoms with Crippen LogP contribution in [0.15, 0.2) is 18.5 Å². The predicted octanol–water partition coefficient (Wildman–Crippen LogP) is -1.36. The van der Waals surface area contributed by atoms with E-state index in [2.05, 4.69) is 20.8 Å². The summed E-state index contributed by atoms with van der Waals surface area (Å²) in [5.41, 5.74) is 0.445. The van der Waals surface area contributed by atoms with Crippen LogP contribution in [0.25, 0.3) is 0 Å². The first-order valence-electron chi connectivity index (χ1n) is 5.74. The first kappa shape index (κ1) is 12.4. The van der Waals surface area contributed by atoms with Crippen LogP contribution < -0.4 is 10.6 Å². The van der Waals surface area contributed by atoms with Gasteiger partial charge in [0.1, 0.15) is 6.04 Å². The summed E-state index contributed by atoms with van der Waals surface area (Å²) in [6, 6.07) is 1.11. The molecule has 96 valence electrons. The number of hydrogen-bond acceptors (Lipinski definition) is 5. The van der Waals surface area contributed by atoms with Crippen LogP contribution in [-0.4, -0.2) is 59.6 Å². The molecular weight excluding hydrogens is 234 g/mol. The van der Waals surface area contributed by atoms with Gasteiger partial charge < -0.3 is 15.5 Å². The van der Waals surface area contributed by atoms with Crippen molar-refractivity contribution in [3.63, 3.8) is 0 Å². The van der Waals surface area contributed by atoms with Crippen LogP contribution in [0.1, 0.15) is 10.4 Å². The maximum absolute atomic E-state index is 12.3. The third kappa shape index (κ3) is 2.45. The minimum atomic E-state index is -0.482. The molecule has 2 N–H and O–H groups in total. The Labute approximate surface area is 105 Å². The normalized spacial score (nSPS) is 19.4. The number of nitrogens with zero attached hydrogens (tertiary/aromatic N) is 3. The van der Waals surface area contributed by atoms with Crippen molar-refractivity contribution in [3.05, 3.63) is 24.0 Å². The summed E-state index contributed by atoms with van der Waals surface area (Å²) in [4.78, 5) is 25.6. The lowest BCUT2D eigenvalue weighted by Gasteiger charge is -2.34. The van der Waals surface area contributed by atoms with Gasteiger partial charge in [-0.25, -0.2) is 0 Å². The van der Waals surface area contributed by atoms with Gasteiger partial charge in [-0.1, -0.05) is 0 Å². The molecule has 18 heavy (non-hydrogen) atoms. The average molecular weight is 249 g/mol. The van der Waals surface area contributed by atoms with Gasteiger partial charge in [0.05, 0.1) is 18.0 Å². The largest absolute Gasteiger partial charge is 0.357 e. The fraction of sp³-hybridized carbons (Fsp3) is 0.455. The van der Waals surface area contributed by atoms with Crippen LogP contribution in [0.2, 0.25) is 0 Å². The molecule has 1 aliphatic heterocycles. The van der Waals surface area contributed by atoms with Gasteiger partial charge in [0, 0.05) is 26.7 Å². The molecule has 7 nitrogen and oxygen atoms in total. The van der Waals surface area contributed by atoms with Crippen molar-refractivity contribution in [2.75, 3.05) is 26.7 Å². The summed E-state index contributed by atoms with van der Waals surface area (Å²) in [6.07, 6.45) is 2.87. The molecule has 0 saturated carbocycles. The molecule has 1 saturated heterocycles. The van der Waals surface area contributed by atoms with E-state index >= 15 is 0 Å². The van der Waals surface area contributed by atoms with Gasteiger partial charge in [0.15, 0.2) is 0 Å². The van der Waals surface area contributed by atoms with Gasteiger partial charge in [-0.3, -0.25) is 9.59 Å². The highest BCUT2D eigenvalue weighted by Gasteiger charge is 2.31. The molecule has 1 aromatic rings. The summed E-state index contributed by atoms with van der Waals surface area (Å²) in [6.45, 7) is 1.64. The van der Waals surface area contributed by atoms with Crippen molar-refractivity contribution in [3.8, 4) is 0 Å². The maximum Gasteiger partial charge on any atom is 0.256 e. The lowest BCUT2D eigenvalue weighted by atomic mass is 10.1.